The van der Waals surface area contributed by atoms with Crippen molar-refractivity contribution in [2.24, 2.45) is 5.73 Å². The molecule has 0 unspecified atom stereocenters. The Balaban J connectivity index is 1.67. The molecule has 0 aromatic heterocycles. The third-order valence-corrected chi connectivity index (χ3v) is 4.93. The molecule has 2 amide bonds. The number of thioether (sulfide) groups is 1. The van der Waals surface area contributed by atoms with Gasteiger partial charge in [0, 0.05) is 16.1 Å². The lowest BCUT2D eigenvalue weighted by Gasteiger charge is -2.10. The van der Waals surface area contributed by atoms with Gasteiger partial charge in [0.1, 0.15) is 0 Å². The van der Waals surface area contributed by atoms with E-state index in [4.69, 9.17) is 5.73 Å². The number of amides is 2. The van der Waals surface area contributed by atoms with Crippen LogP contribution in [0.4, 0.5) is 5.69 Å². The summed E-state index contributed by atoms with van der Waals surface area (Å²) in [5, 5.41) is 2.77. The number of fused-ring (bicyclic) bond motifs is 1. The number of rotatable bonds is 3. The van der Waals surface area contributed by atoms with Gasteiger partial charge >= 0.3 is 0 Å². The first-order valence-corrected chi connectivity index (χ1v) is 7.88. The summed E-state index contributed by atoms with van der Waals surface area (Å²) in [5.41, 5.74) is 8.72. The SMILES string of the molecule is Cc1ccc2c(c1)S[C@@H](C(=O)Nc1ccc(C(N)=O)cc1)C2. The second kappa shape index (κ2) is 5.85. The van der Waals surface area contributed by atoms with Crippen molar-refractivity contribution >= 4 is 29.3 Å². The second-order valence-electron chi connectivity index (χ2n) is 5.35. The number of carbonyl (C=O) groups excluding carboxylic acids is 2. The Morgan fingerprint density at radius 1 is 1.18 bits per heavy atom. The Morgan fingerprint density at radius 2 is 1.91 bits per heavy atom. The van der Waals surface area contributed by atoms with E-state index in [0.29, 0.717) is 11.3 Å². The summed E-state index contributed by atoms with van der Waals surface area (Å²) in [5.74, 6) is -0.499. The first-order valence-electron chi connectivity index (χ1n) is 7.00. The van der Waals surface area contributed by atoms with Crippen LogP contribution in [-0.4, -0.2) is 17.1 Å². The van der Waals surface area contributed by atoms with E-state index in [9.17, 15) is 9.59 Å². The summed E-state index contributed by atoms with van der Waals surface area (Å²) in [6.07, 6.45) is 0.742. The lowest BCUT2D eigenvalue weighted by Crippen LogP contribution is -2.24. The van der Waals surface area contributed by atoms with Crippen LogP contribution in [0.5, 0.6) is 0 Å². The molecule has 5 heteroatoms. The van der Waals surface area contributed by atoms with Crippen molar-refractivity contribution in [1.29, 1.82) is 0 Å². The molecule has 0 bridgehead atoms. The van der Waals surface area contributed by atoms with Gasteiger partial charge in [-0.2, -0.15) is 0 Å². The van der Waals surface area contributed by atoms with Gasteiger partial charge in [0.25, 0.3) is 0 Å². The topological polar surface area (TPSA) is 72.2 Å². The molecular weight excluding hydrogens is 296 g/mol. The van der Waals surface area contributed by atoms with Gasteiger partial charge in [-0.25, -0.2) is 0 Å². The zero-order valence-electron chi connectivity index (χ0n) is 12.1. The van der Waals surface area contributed by atoms with E-state index < -0.39 is 5.91 Å². The molecular formula is C17H16N2O2S. The van der Waals surface area contributed by atoms with Crippen molar-refractivity contribution < 1.29 is 9.59 Å². The zero-order chi connectivity index (χ0) is 15.7. The summed E-state index contributed by atoms with van der Waals surface area (Å²) < 4.78 is 0. The van der Waals surface area contributed by atoms with Gasteiger partial charge in [-0.1, -0.05) is 17.7 Å². The number of hydrogen-bond donors (Lipinski definition) is 2. The minimum Gasteiger partial charge on any atom is -0.366 e. The molecule has 0 saturated carbocycles. The maximum Gasteiger partial charge on any atom is 0.248 e. The summed E-state index contributed by atoms with van der Waals surface area (Å²) in [6.45, 7) is 2.05. The molecule has 22 heavy (non-hydrogen) atoms. The molecule has 3 rings (SSSR count). The van der Waals surface area contributed by atoms with E-state index in [-0.39, 0.29) is 11.2 Å². The van der Waals surface area contributed by atoms with Crippen LogP contribution in [0.1, 0.15) is 21.5 Å². The van der Waals surface area contributed by atoms with Crippen LogP contribution >= 0.6 is 11.8 Å². The normalized spacial score (nSPS) is 16.1. The van der Waals surface area contributed by atoms with Gasteiger partial charge in [0.15, 0.2) is 0 Å². The van der Waals surface area contributed by atoms with Crippen molar-refractivity contribution in [2.45, 2.75) is 23.5 Å². The van der Waals surface area contributed by atoms with Crippen molar-refractivity contribution in [2.75, 3.05) is 5.32 Å². The number of anilines is 1. The molecule has 3 N–H and O–H groups in total. The minimum atomic E-state index is -0.477. The number of aryl methyl sites for hydroxylation is 1. The van der Waals surface area contributed by atoms with E-state index in [2.05, 4.69) is 30.4 Å². The smallest absolute Gasteiger partial charge is 0.248 e. The molecule has 112 valence electrons. The first-order chi connectivity index (χ1) is 10.5. The molecule has 0 radical (unpaired) electrons. The molecule has 1 heterocycles. The standard InChI is InChI=1S/C17H16N2O2S/c1-10-2-3-12-9-15(22-14(12)8-10)17(21)19-13-6-4-11(5-7-13)16(18)20/h2-8,15H,9H2,1H3,(H2,18,20)(H,19,21)/t15-/m1/s1. The number of nitrogens with two attached hydrogens (primary N) is 1. The van der Waals surface area contributed by atoms with Crippen LogP contribution in [0.15, 0.2) is 47.4 Å². The average molecular weight is 312 g/mol. The van der Waals surface area contributed by atoms with E-state index in [0.717, 1.165) is 6.42 Å². The van der Waals surface area contributed by atoms with Crippen LogP contribution < -0.4 is 11.1 Å². The highest BCUT2D eigenvalue weighted by molar-refractivity contribution is 8.01. The average Bonchev–Trinajstić information content (AvgIpc) is 2.91. The van der Waals surface area contributed by atoms with Crippen molar-refractivity contribution in [1.82, 2.24) is 0 Å². The molecule has 0 aliphatic carbocycles. The maximum atomic E-state index is 12.4. The second-order valence-corrected chi connectivity index (χ2v) is 6.60. The highest BCUT2D eigenvalue weighted by Gasteiger charge is 2.28. The number of benzene rings is 2. The lowest BCUT2D eigenvalue weighted by atomic mass is 10.1. The van der Waals surface area contributed by atoms with E-state index >= 15 is 0 Å². The zero-order valence-corrected chi connectivity index (χ0v) is 12.9. The van der Waals surface area contributed by atoms with Gasteiger partial charge in [-0.3, -0.25) is 9.59 Å². The van der Waals surface area contributed by atoms with E-state index in [1.165, 1.54) is 16.0 Å². The highest BCUT2D eigenvalue weighted by Crippen LogP contribution is 2.38. The molecule has 4 nitrogen and oxygen atoms in total. The Labute approximate surface area is 133 Å². The fourth-order valence-corrected chi connectivity index (χ4v) is 3.71. The van der Waals surface area contributed by atoms with Gasteiger partial charge in [-0.15, -0.1) is 11.8 Å². The third-order valence-electron chi connectivity index (χ3n) is 3.63. The number of hydrogen-bond acceptors (Lipinski definition) is 3. The first kappa shape index (κ1) is 14.7. The van der Waals surface area contributed by atoms with E-state index in [1.807, 2.05) is 0 Å². The summed E-state index contributed by atoms with van der Waals surface area (Å²) in [6, 6.07) is 12.9. The van der Waals surface area contributed by atoms with Crippen LogP contribution in [0.2, 0.25) is 0 Å². The Morgan fingerprint density at radius 3 is 2.59 bits per heavy atom. The third kappa shape index (κ3) is 2.99. The van der Waals surface area contributed by atoms with Crippen LogP contribution in [0.3, 0.4) is 0 Å². The van der Waals surface area contributed by atoms with Crippen LogP contribution in [-0.2, 0) is 11.2 Å². The van der Waals surface area contributed by atoms with Crippen molar-refractivity contribution in [3.63, 3.8) is 0 Å². The fraction of sp³-hybridized carbons (Fsp3) is 0.176. The van der Waals surface area contributed by atoms with Crippen molar-refractivity contribution in [3.8, 4) is 0 Å². The number of nitrogens with one attached hydrogen (secondary N) is 1. The molecule has 1 aliphatic rings. The fourth-order valence-electron chi connectivity index (χ4n) is 2.42. The lowest BCUT2D eigenvalue weighted by molar-refractivity contribution is -0.115. The maximum absolute atomic E-state index is 12.4. The Bertz CT molecular complexity index is 741. The minimum absolute atomic E-state index is 0.0225. The largest absolute Gasteiger partial charge is 0.366 e. The molecule has 1 atom stereocenters. The molecule has 0 spiro atoms. The Hall–Kier alpha value is -2.27. The van der Waals surface area contributed by atoms with Gasteiger partial charge in [0.05, 0.1) is 5.25 Å². The van der Waals surface area contributed by atoms with E-state index in [1.54, 1.807) is 36.0 Å². The molecule has 0 fully saturated rings. The van der Waals surface area contributed by atoms with Gasteiger partial charge in [-0.05, 0) is 49.2 Å². The molecule has 1 aliphatic heterocycles. The summed E-state index contributed by atoms with van der Waals surface area (Å²) in [4.78, 5) is 24.6. The molecule has 2 aromatic carbocycles. The van der Waals surface area contributed by atoms with Gasteiger partial charge < -0.3 is 11.1 Å². The predicted molar refractivity (Wildman–Crippen MR) is 88.1 cm³/mol. The number of carbonyl (C=O) groups is 2. The van der Waals surface area contributed by atoms with Crippen LogP contribution in [0, 0.1) is 6.92 Å². The highest BCUT2D eigenvalue weighted by atomic mass is 32.2. The van der Waals surface area contributed by atoms with Crippen molar-refractivity contribution in [3.05, 3.63) is 59.2 Å². The summed E-state index contributed by atoms with van der Waals surface area (Å²) >= 11 is 1.60. The molecule has 0 saturated heterocycles. The quantitative estimate of drug-likeness (QED) is 0.915. The summed E-state index contributed by atoms with van der Waals surface area (Å²) in [7, 11) is 0. The Kier molecular flexibility index (Phi) is 3.90. The molecule has 2 aromatic rings. The monoisotopic (exact) mass is 312 g/mol. The van der Waals surface area contributed by atoms with Gasteiger partial charge in [0.2, 0.25) is 11.8 Å². The van der Waals surface area contributed by atoms with Crippen LogP contribution in [0.25, 0.3) is 0 Å². The number of primary amides is 1. The predicted octanol–water partition coefficient (Wildman–Crippen LogP) is 2.75.